The van der Waals surface area contributed by atoms with Gasteiger partial charge >= 0.3 is 0 Å². The van der Waals surface area contributed by atoms with Gasteiger partial charge in [-0.25, -0.2) is 0 Å². The van der Waals surface area contributed by atoms with Crippen LogP contribution in [0.1, 0.15) is 0 Å². The molecule has 0 spiro atoms. The van der Waals surface area contributed by atoms with E-state index < -0.39 is 0 Å². The maximum Gasteiger partial charge on any atom is 0.110 e. The summed E-state index contributed by atoms with van der Waals surface area (Å²) in [5, 5.41) is 3.09. The normalized spacial score (nSPS) is 36.4. The van der Waals surface area contributed by atoms with Crippen LogP contribution in [0.15, 0.2) is 22.3 Å². The van der Waals surface area contributed by atoms with Crippen LogP contribution in [-0.4, -0.2) is 24.6 Å². The first kappa shape index (κ1) is 4.73. The van der Waals surface area contributed by atoms with Crippen molar-refractivity contribution in [2.24, 2.45) is 9.98 Å². The Bertz CT molecular complexity index is 192. The minimum absolute atomic E-state index is 0.245. The van der Waals surface area contributed by atoms with E-state index in [2.05, 4.69) is 15.3 Å². The lowest BCUT2D eigenvalue weighted by Gasteiger charge is -2.11. The van der Waals surface area contributed by atoms with Crippen LogP contribution >= 0.6 is 0 Å². The zero-order valence-electron chi connectivity index (χ0n) is 4.86. The molecule has 0 aromatic carbocycles. The Morgan fingerprint density at radius 1 is 1.44 bits per heavy atom. The molecule has 1 N–H and O–H groups in total. The summed E-state index contributed by atoms with van der Waals surface area (Å²) in [5.41, 5.74) is 0. The average Bonchev–Trinajstić information content (AvgIpc) is 2.33. The summed E-state index contributed by atoms with van der Waals surface area (Å²) >= 11 is 0. The molecule has 2 aliphatic heterocycles. The largest absolute Gasteiger partial charge is 0.368 e. The fourth-order valence-electron chi connectivity index (χ4n) is 0.987. The second-order valence-corrected chi connectivity index (χ2v) is 2.10. The van der Waals surface area contributed by atoms with Gasteiger partial charge in [0.1, 0.15) is 6.04 Å². The van der Waals surface area contributed by atoms with E-state index in [4.69, 9.17) is 0 Å². The van der Waals surface area contributed by atoms with Crippen molar-refractivity contribution in [3.63, 3.8) is 0 Å². The van der Waals surface area contributed by atoms with Crippen LogP contribution in [0.3, 0.4) is 0 Å². The highest BCUT2D eigenvalue weighted by Gasteiger charge is 2.20. The number of fused-ring (bicyclic) bond motifs is 1. The summed E-state index contributed by atoms with van der Waals surface area (Å²) in [6, 6.07) is 0.609. The van der Waals surface area contributed by atoms with Gasteiger partial charge in [0.2, 0.25) is 0 Å². The molecular weight excluding hydrogens is 114 g/mol. The van der Waals surface area contributed by atoms with E-state index in [-0.39, 0.29) is 6.04 Å². The molecule has 0 radical (unpaired) electrons. The number of hydrogen-bond acceptors (Lipinski definition) is 3. The minimum atomic E-state index is 0.245. The molecule has 2 heterocycles. The Balaban J connectivity index is 2.25. The van der Waals surface area contributed by atoms with Crippen molar-refractivity contribution in [3.05, 3.63) is 12.3 Å². The number of rotatable bonds is 0. The van der Waals surface area contributed by atoms with E-state index in [1.807, 2.05) is 12.3 Å². The van der Waals surface area contributed by atoms with Crippen LogP contribution < -0.4 is 5.32 Å². The number of nitrogens with one attached hydrogen (secondary N) is 1. The smallest absolute Gasteiger partial charge is 0.110 e. The van der Waals surface area contributed by atoms with E-state index >= 15 is 0 Å². The van der Waals surface area contributed by atoms with E-state index in [1.165, 1.54) is 0 Å². The third-order valence-corrected chi connectivity index (χ3v) is 1.50. The molecule has 2 atom stereocenters. The second-order valence-electron chi connectivity index (χ2n) is 2.10. The standard InChI is InChI=1S/C6H7N3/c1-2-7-3-6-5(1)8-4-9-6/h1-6H,(H,8,9)/t5?,6-/m1/s1. The molecule has 0 amide bonds. The minimum Gasteiger partial charge on any atom is -0.368 e. The van der Waals surface area contributed by atoms with Crippen molar-refractivity contribution in [2.75, 3.05) is 0 Å². The van der Waals surface area contributed by atoms with Gasteiger partial charge in [-0.05, 0) is 6.08 Å². The summed E-state index contributed by atoms with van der Waals surface area (Å²) in [4.78, 5) is 8.08. The fraction of sp³-hybridized carbons (Fsp3) is 0.333. The summed E-state index contributed by atoms with van der Waals surface area (Å²) in [7, 11) is 0. The van der Waals surface area contributed by atoms with Crippen molar-refractivity contribution < 1.29 is 0 Å². The molecule has 1 unspecified atom stereocenters. The third kappa shape index (κ3) is 0.650. The molecule has 0 saturated carbocycles. The molecule has 0 aromatic rings. The zero-order valence-corrected chi connectivity index (χ0v) is 4.86. The van der Waals surface area contributed by atoms with Crippen molar-refractivity contribution >= 4 is 12.6 Å². The van der Waals surface area contributed by atoms with E-state index in [9.17, 15) is 0 Å². The van der Waals surface area contributed by atoms with Crippen molar-refractivity contribution in [3.8, 4) is 0 Å². The quantitative estimate of drug-likeness (QED) is 0.479. The first-order valence-electron chi connectivity index (χ1n) is 2.94. The van der Waals surface area contributed by atoms with Crippen LogP contribution in [0, 0.1) is 0 Å². The fourth-order valence-corrected chi connectivity index (χ4v) is 0.987. The molecule has 46 valence electrons. The third-order valence-electron chi connectivity index (χ3n) is 1.50. The molecule has 3 nitrogen and oxygen atoms in total. The van der Waals surface area contributed by atoms with Crippen LogP contribution in [0.5, 0.6) is 0 Å². The van der Waals surface area contributed by atoms with Gasteiger partial charge in [0.25, 0.3) is 0 Å². The SMILES string of the molecule is C1=CC2NC=N[C@@H]2C=N1. The van der Waals surface area contributed by atoms with Gasteiger partial charge in [-0.15, -0.1) is 0 Å². The Kier molecular flexibility index (Phi) is 0.886. The van der Waals surface area contributed by atoms with Gasteiger partial charge < -0.3 is 5.32 Å². The molecule has 0 aliphatic carbocycles. The number of aliphatic imine (C=N–C) groups is 2. The first-order chi connectivity index (χ1) is 4.47. The summed E-state index contributed by atoms with van der Waals surface area (Å²) in [6.07, 6.45) is 7.39. The Morgan fingerprint density at radius 2 is 2.44 bits per heavy atom. The van der Waals surface area contributed by atoms with E-state index in [0.29, 0.717) is 6.04 Å². The van der Waals surface area contributed by atoms with Crippen LogP contribution in [0.4, 0.5) is 0 Å². The predicted molar refractivity (Wildman–Crippen MR) is 36.8 cm³/mol. The molecular formula is C6H7N3. The highest BCUT2D eigenvalue weighted by molar-refractivity contribution is 5.75. The van der Waals surface area contributed by atoms with Crippen LogP contribution in [0.25, 0.3) is 0 Å². The van der Waals surface area contributed by atoms with Gasteiger partial charge in [-0.1, -0.05) is 0 Å². The molecule has 0 fully saturated rings. The average molecular weight is 121 g/mol. The maximum atomic E-state index is 4.12. The monoisotopic (exact) mass is 121 g/mol. The molecule has 9 heavy (non-hydrogen) atoms. The Hall–Kier alpha value is -1.12. The lowest BCUT2D eigenvalue weighted by Crippen LogP contribution is -2.31. The summed E-state index contributed by atoms with van der Waals surface area (Å²) < 4.78 is 0. The molecule has 0 saturated heterocycles. The lowest BCUT2D eigenvalue weighted by atomic mass is 10.1. The molecule has 0 aromatic heterocycles. The predicted octanol–water partition coefficient (Wildman–Crippen LogP) is -0.0468. The number of hydrogen-bond donors (Lipinski definition) is 1. The summed E-state index contributed by atoms with van der Waals surface area (Å²) in [6.45, 7) is 0. The van der Waals surface area contributed by atoms with Crippen molar-refractivity contribution in [1.29, 1.82) is 0 Å². The van der Waals surface area contributed by atoms with Crippen molar-refractivity contribution in [1.82, 2.24) is 5.32 Å². The van der Waals surface area contributed by atoms with Crippen LogP contribution in [0.2, 0.25) is 0 Å². The Labute approximate surface area is 53.2 Å². The van der Waals surface area contributed by atoms with Gasteiger partial charge in [0.15, 0.2) is 0 Å². The molecule has 0 bridgehead atoms. The molecule has 2 rings (SSSR count). The van der Waals surface area contributed by atoms with E-state index in [0.717, 1.165) is 0 Å². The lowest BCUT2D eigenvalue weighted by molar-refractivity contribution is 0.728. The Morgan fingerprint density at radius 3 is 3.33 bits per heavy atom. The number of nitrogens with zero attached hydrogens (tertiary/aromatic N) is 2. The van der Waals surface area contributed by atoms with E-state index in [1.54, 1.807) is 12.5 Å². The summed E-state index contributed by atoms with van der Waals surface area (Å²) in [5.74, 6) is 0. The van der Waals surface area contributed by atoms with Gasteiger partial charge in [0.05, 0.1) is 12.4 Å². The van der Waals surface area contributed by atoms with Gasteiger partial charge in [0, 0.05) is 12.4 Å². The topological polar surface area (TPSA) is 36.8 Å². The molecule has 2 aliphatic rings. The van der Waals surface area contributed by atoms with Crippen LogP contribution in [-0.2, 0) is 0 Å². The maximum absolute atomic E-state index is 4.12. The molecule has 3 heteroatoms. The highest BCUT2D eigenvalue weighted by atomic mass is 15.1. The van der Waals surface area contributed by atoms with Gasteiger partial charge in [-0.3, -0.25) is 9.98 Å². The second kappa shape index (κ2) is 1.69. The van der Waals surface area contributed by atoms with Crippen molar-refractivity contribution in [2.45, 2.75) is 12.1 Å². The first-order valence-corrected chi connectivity index (χ1v) is 2.94. The zero-order chi connectivity index (χ0) is 6.10. The highest BCUT2D eigenvalue weighted by Crippen LogP contribution is 2.06. The van der Waals surface area contributed by atoms with Gasteiger partial charge in [-0.2, -0.15) is 0 Å².